The van der Waals surface area contributed by atoms with Gasteiger partial charge in [0.1, 0.15) is 12.3 Å². The van der Waals surface area contributed by atoms with Crippen molar-refractivity contribution in [2.75, 3.05) is 40.5 Å². The molecule has 0 saturated carbocycles. The summed E-state index contributed by atoms with van der Waals surface area (Å²) >= 11 is 1.75. The molecule has 4 rings (SSSR count). The van der Waals surface area contributed by atoms with Gasteiger partial charge in [0.2, 0.25) is 5.91 Å². The number of aryl methyl sites for hydroxylation is 1. The molecule has 0 bridgehead atoms. The minimum absolute atomic E-state index is 0.0242. The molecule has 0 radical (unpaired) electrons. The minimum Gasteiger partial charge on any atom is -0.497 e. The Morgan fingerprint density at radius 2 is 1.83 bits per heavy atom. The summed E-state index contributed by atoms with van der Waals surface area (Å²) in [5, 5.41) is 2.11. The van der Waals surface area contributed by atoms with E-state index >= 15 is 0 Å². The monoisotopic (exact) mass is 492 g/mol. The summed E-state index contributed by atoms with van der Waals surface area (Å²) in [6.45, 7) is 3.71. The number of carbonyl (C=O) groups excluding carboxylic acids is 2. The molecule has 1 atom stereocenters. The van der Waals surface area contributed by atoms with Crippen LogP contribution in [0.5, 0.6) is 5.75 Å². The highest BCUT2D eigenvalue weighted by Crippen LogP contribution is 2.39. The van der Waals surface area contributed by atoms with E-state index in [4.69, 9.17) is 9.47 Å². The third-order valence-electron chi connectivity index (χ3n) is 6.50. The first-order valence-electron chi connectivity index (χ1n) is 11.9. The van der Waals surface area contributed by atoms with E-state index in [1.807, 2.05) is 17.0 Å². The summed E-state index contributed by atoms with van der Waals surface area (Å²) in [6.07, 6.45) is 1.48. The number of benzene rings is 2. The van der Waals surface area contributed by atoms with Gasteiger partial charge in [0.05, 0.1) is 13.2 Å². The van der Waals surface area contributed by atoms with E-state index in [1.165, 1.54) is 10.4 Å². The summed E-state index contributed by atoms with van der Waals surface area (Å²) in [5.74, 6) is 0.469. The maximum atomic E-state index is 13.8. The number of carbonyl (C=O) groups is 2. The van der Waals surface area contributed by atoms with Crippen LogP contribution in [0.3, 0.4) is 0 Å². The van der Waals surface area contributed by atoms with E-state index in [1.54, 1.807) is 54.7 Å². The maximum absolute atomic E-state index is 13.8. The Morgan fingerprint density at radius 1 is 1.06 bits per heavy atom. The van der Waals surface area contributed by atoms with Gasteiger partial charge in [0, 0.05) is 37.2 Å². The standard InChI is InChI=1S/C28H32N2O4S/c1-20-7-4-5-8-23(20)27-24-14-18-35-25(24)13-16-30(27)26(31)19-29(15-6-17-33-2)28(32)21-9-11-22(34-3)12-10-21/h4-5,7-12,14,18,27H,6,13,15-17,19H2,1-3H3. The molecule has 6 nitrogen and oxygen atoms in total. The lowest BCUT2D eigenvalue weighted by Gasteiger charge is -2.38. The van der Waals surface area contributed by atoms with Gasteiger partial charge in [-0.05, 0) is 72.2 Å². The summed E-state index contributed by atoms with van der Waals surface area (Å²) in [5.41, 5.74) is 4.01. The van der Waals surface area contributed by atoms with Crippen molar-refractivity contribution < 1.29 is 19.1 Å². The van der Waals surface area contributed by atoms with Gasteiger partial charge < -0.3 is 19.3 Å². The smallest absolute Gasteiger partial charge is 0.254 e. The van der Waals surface area contributed by atoms with Gasteiger partial charge in [0.25, 0.3) is 5.91 Å². The second-order valence-electron chi connectivity index (χ2n) is 8.70. The highest BCUT2D eigenvalue weighted by atomic mass is 32.1. The number of ether oxygens (including phenoxy) is 2. The van der Waals surface area contributed by atoms with Gasteiger partial charge in [-0.3, -0.25) is 9.59 Å². The molecule has 2 aromatic carbocycles. The summed E-state index contributed by atoms with van der Waals surface area (Å²) in [7, 11) is 3.23. The van der Waals surface area contributed by atoms with Crippen molar-refractivity contribution in [3.05, 3.63) is 87.1 Å². The molecular weight excluding hydrogens is 460 g/mol. The summed E-state index contributed by atoms with van der Waals surface area (Å²) < 4.78 is 10.4. The zero-order valence-corrected chi connectivity index (χ0v) is 21.3. The molecule has 0 N–H and O–H groups in total. The van der Waals surface area contributed by atoms with Gasteiger partial charge >= 0.3 is 0 Å². The van der Waals surface area contributed by atoms with Crippen LogP contribution in [0.2, 0.25) is 0 Å². The molecule has 0 fully saturated rings. The molecule has 2 amide bonds. The van der Waals surface area contributed by atoms with Crippen LogP contribution in [0.15, 0.2) is 60.0 Å². The van der Waals surface area contributed by atoms with Crippen molar-refractivity contribution in [1.82, 2.24) is 9.80 Å². The van der Waals surface area contributed by atoms with Gasteiger partial charge in [-0.25, -0.2) is 0 Å². The average molecular weight is 493 g/mol. The molecule has 2 heterocycles. The van der Waals surface area contributed by atoms with Crippen molar-refractivity contribution in [2.45, 2.75) is 25.8 Å². The Labute approximate surface area is 211 Å². The van der Waals surface area contributed by atoms with Gasteiger partial charge in [-0.2, -0.15) is 0 Å². The van der Waals surface area contributed by atoms with Crippen LogP contribution in [0, 0.1) is 6.92 Å². The lowest BCUT2D eigenvalue weighted by molar-refractivity contribution is -0.134. The molecule has 35 heavy (non-hydrogen) atoms. The number of nitrogens with zero attached hydrogens (tertiary/aromatic N) is 2. The van der Waals surface area contributed by atoms with Crippen LogP contribution in [-0.2, 0) is 16.0 Å². The van der Waals surface area contributed by atoms with Crippen molar-refractivity contribution in [3.63, 3.8) is 0 Å². The summed E-state index contributed by atoms with van der Waals surface area (Å²) in [4.78, 5) is 32.1. The third kappa shape index (κ3) is 5.57. The molecule has 1 aromatic heterocycles. The van der Waals surface area contributed by atoms with Crippen LogP contribution in [0.1, 0.15) is 44.4 Å². The topological polar surface area (TPSA) is 59.1 Å². The van der Waals surface area contributed by atoms with Crippen molar-refractivity contribution in [1.29, 1.82) is 0 Å². The van der Waals surface area contributed by atoms with Crippen LogP contribution < -0.4 is 4.74 Å². The average Bonchev–Trinajstić information content (AvgIpc) is 3.37. The second-order valence-corrected chi connectivity index (χ2v) is 9.70. The largest absolute Gasteiger partial charge is 0.497 e. The number of thiophene rings is 1. The maximum Gasteiger partial charge on any atom is 0.254 e. The molecule has 7 heteroatoms. The number of rotatable bonds is 9. The van der Waals surface area contributed by atoms with Crippen molar-refractivity contribution in [2.24, 2.45) is 0 Å². The predicted molar refractivity (Wildman–Crippen MR) is 138 cm³/mol. The second kappa shape index (κ2) is 11.5. The number of methoxy groups -OCH3 is 2. The Morgan fingerprint density at radius 3 is 2.54 bits per heavy atom. The molecule has 0 aliphatic carbocycles. The van der Waals surface area contributed by atoms with Gasteiger partial charge in [-0.15, -0.1) is 11.3 Å². The molecule has 184 valence electrons. The zero-order valence-electron chi connectivity index (χ0n) is 20.5. The molecule has 1 unspecified atom stereocenters. The minimum atomic E-state index is -0.169. The van der Waals surface area contributed by atoms with E-state index in [2.05, 4.69) is 30.5 Å². The van der Waals surface area contributed by atoms with E-state index in [-0.39, 0.29) is 24.4 Å². The van der Waals surface area contributed by atoms with Crippen LogP contribution >= 0.6 is 11.3 Å². The summed E-state index contributed by atoms with van der Waals surface area (Å²) in [6, 6.07) is 17.2. The first-order valence-corrected chi connectivity index (χ1v) is 12.7. The number of hydrogen-bond acceptors (Lipinski definition) is 5. The zero-order chi connectivity index (χ0) is 24.8. The third-order valence-corrected chi connectivity index (χ3v) is 7.49. The van der Waals surface area contributed by atoms with Crippen molar-refractivity contribution >= 4 is 23.2 Å². The van der Waals surface area contributed by atoms with E-state index in [9.17, 15) is 9.59 Å². The van der Waals surface area contributed by atoms with Crippen molar-refractivity contribution in [3.8, 4) is 5.75 Å². The predicted octanol–water partition coefficient (Wildman–Crippen LogP) is 4.72. The van der Waals surface area contributed by atoms with Crippen LogP contribution in [0.4, 0.5) is 0 Å². The van der Waals surface area contributed by atoms with Gasteiger partial charge in [-0.1, -0.05) is 24.3 Å². The number of amides is 2. The van der Waals surface area contributed by atoms with Gasteiger partial charge in [0.15, 0.2) is 0 Å². The lowest BCUT2D eigenvalue weighted by atomic mass is 9.90. The van der Waals surface area contributed by atoms with E-state index in [0.717, 1.165) is 17.5 Å². The fourth-order valence-corrected chi connectivity index (χ4v) is 5.54. The Hall–Kier alpha value is -3.16. The highest BCUT2D eigenvalue weighted by Gasteiger charge is 2.34. The molecule has 0 saturated heterocycles. The van der Waals surface area contributed by atoms with E-state index < -0.39 is 0 Å². The molecular formula is C28H32N2O4S. The molecule has 1 aliphatic heterocycles. The molecule has 1 aliphatic rings. The fraction of sp³-hybridized carbons (Fsp3) is 0.357. The number of fused-ring (bicyclic) bond motifs is 1. The quantitative estimate of drug-likeness (QED) is 0.406. The Bertz CT molecular complexity index is 1160. The Balaban J connectivity index is 1.60. The first-order chi connectivity index (χ1) is 17.0. The lowest BCUT2D eigenvalue weighted by Crippen LogP contribution is -2.47. The molecule has 3 aromatic rings. The normalized spacial score (nSPS) is 14.9. The highest BCUT2D eigenvalue weighted by molar-refractivity contribution is 7.10. The van der Waals surface area contributed by atoms with Crippen LogP contribution in [-0.4, -0.2) is 62.1 Å². The SMILES string of the molecule is COCCCN(CC(=O)N1CCc2sccc2C1c1ccccc1C)C(=O)c1ccc(OC)cc1. The fourth-order valence-electron chi connectivity index (χ4n) is 4.64. The first kappa shape index (κ1) is 24.9. The Kier molecular flexibility index (Phi) is 8.21. The van der Waals surface area contributed by atoms with Crippen LogP contribution in [0.25, 0.3) is 0 Å². The molecule has 0 spiro atoms. The number of hydrogen-bond donors (Lipinski definition) is 0. The van der Waals surface area contributed by atoms with E-state index in [0.29, 0.717) is 37.4 Å².